The van der Waals surface area contributed by atoms with Gasteiger partial charge in [0.2, 0.25) is 0 Å². The maximum Gasteiger partial charge on any atom is 0.323 e. The number of rotatable bonds is 6. The van der Waals surface area contributed by atoms with Gasteiger partial charge in [-0.2, -0.15) is 0 Å². The fourth-order valence-electron chi connectivity index (χ4n) is 1.60. The smallest absolute Gasteiger partial charge is 0.323 e. The fraction of sp³-hybridized carbons (Fsp3) is 0.385. The third kappa shape index (κ3) is 3.76. The maximum absolute atomic E-state index is 12.1. The van der Waals surface area contributed by atoms with Gasteiger partial charge in [-0.25, -0.2) is 0 Å². The van der Waals surface area contributed by atoms with Crippen LogP contribution in [0.1, 0.15) is 23.7 Å². The van der Waals surface area contributed by atoms with Crippen molar-refractivity contribution in [1.29, 1.82) is 0 Å². The van der Waals surface area contributed by atoms with Crippen molar-refractivity contribution in [2.45, 2.75) is 13.3 Å². The monoisotopic (exact) mass is 251 g/mol. The van der Waals surface area contributed by atoms with Gasteiger partial charge in [0.15, 0.2) is 0 Å². The zero-order chi connectivity index (χ0) is 13.5. The Kier molecular flexibility index (Phi) is 5.17. The lowest BCUT2D eigenvalue weighted by molar-refractivity contribution is -0.137. The topological polar surface area (TPSA) is 66.8 Å². The van der Waals surface area contributed by atoms with Crippen LogP contribution in [0.4, 0.5) is 0 Å². The quantitative estimate of drug-likeness (QED) is 0.834. The summed E-state index contributed by atoms with van der Waals surface area (Å²) in [5.41, 5.74) is 0.463. The average Bonchev–Trinajstić information content (AvgIpc) is 2.37. The Hall–Kier alpha value is -2.04. The second-order valence-corrected chi connectivity index (χ2v) is 3.85. The lowest BCUT2D eigenvalue weighted by Crippen LogP contribution is -2.36. The minimum absolute atomic E-state index is 0.276. The van der Waals surface area contributed by atoms with Crippen LogP contribution in [0, 0.1) is 0 Å². The molecule has 0 aromatic heterocycles. The number of benzene rings is 1. The highest BCUT2D eigenvalue weighted by atomic mass is 16.5. The van der Waals surface area contributed by atoms with E-state index in [1.807, 2.05) is 6.92 Å². The van der Waals surface area contributed by atoms with E-state index in [2.05, 4.69) is 0 Å². The van der Waals surface area contributed by atoms with Crippen molar-refractivity contribution in [3.05, 3.63) is 29.8 Å². The zero-order valence-corrected chi connectivity index (χ0v) is 10.5. The molecule has 0 aliphatic heterocycles. The van der Waals surface area contributed by atoms with Crippen LogP contribution in [0.5, 0.6) is 5.75 Å². The van der Waals surface area contributed by atoms with Gasteiger partial charge in [0, 0.05) is 12.1 Å². The molecule has 1 N–H and O–H groups in total. The second kappa shape index (κ2) is 6.64. The van der Waals surface area contributed by atoms with Gasteiger partial charge < -0.3 is 14.7 Å². The van der Waals surface area contributed by atoms with Gasteiger partial charge in [-0.15, -0.1) is 0 Å². The minimum atomic E-state index is -1.01. The predicted octanol–water partition coefficient (Wildman–Crippen LogP) is 1.63. The van der Waals surface area contributed by atoms with Crippen molar-refractivity contribution in [3.8, 4) is 5.75 Å². The molecule has 0 heterocycles. The molecule has 0 radical (unpaired) electrons. The number of nitrogens with zero attached hydrogens (tertiary/aromatic N) is 1. The molecule has 0 unspecified atom stereocenters. The van der Waals surface area contributed by atoms with Crippen LogP contribution < -0.4 is 4.74 Å². The molecule has 0 aliphatic carbocycles. The summed E-state index contributed by atoms with van der Waals surface area (Å²) in [7, 11) is 1.55. The van der Waals surface area contributed by atoms with Gasteiger partial charge in [0.05, 0.1) is 7.11 Å². The lowest BCUT2D eigenvalue weighted by atomic mass is 10.2. The highest BCUT2D eigenvalue weighted by Gasteiger charge is 2.17. The Balaban J connectivity index is 2.83. The molecule has 5 nitrogen and oxygen atoms in total. The number of amides is 1. The summed E-state index contributed by atoms with van der Waals surface area (Å²) in [6, 6.07) is 6.62. The van der Waals surface area contributed by atoms with Crippen LogP contribution in [0.15, 0.2) is 24.3 Å². The Morgan fingerprint density at radius 1 is 1.28 bits per heavy atom. The largest absolute Gasteiger partial charge is 0.497 e. The molecule has 0 saturated heterocycles. The Bertz CT molecular complexity index is 414. The van der Waals surface area contributed by atoms with Crippen LogP contribution >= 0.6 is 0 Å². The molecule has 1 aromatic carbocycles. The molecule has 0 fully saturated rings. The van der Waals surface area contributed by atoms with E-state index in [4.69, 9.17) is 9.84 Å². The van der Waals surface area contributed by atoms with E-state index < -0.39 is 5.97 Å². The minimum Gasteiger partial charge on any atom is -0.497 e. The molecule has 5 heteroatoms. The molecule has 0 saturated carbocycles. The Labute approximate surface area is 106 Å². The summed E-state index contributed by atoms with van der Waals surface area (Å²) in [6.45, 7) is 2.05. The maximum atomic E-state index is 12.1. The number of carbonyl (C=O) groups is 2. The number of hydrogen-bond donors (Lipinski definition) is 1. The summed E-state index contributed by atoms with van der Waals surface area (Å²) in [5, 5.41) is 8.77. The molecule has 0 atom stereocenters. The summed E-state index contributed by atoms with van der Waals surface area (Å²) in [4.78, 5) is 24.1. The van der Waals surface area contributed by atoms with Crippen LogP contribution in [-0.4, -0.2) is 42.1 Å². The third-order valence-corrected chi connectivity index (χ3v) is 2.44. The third-order valence-electron chi connectivity index (χ3n) is 2.44. The molecule has 98 valence electrons. The lowest BCUT2D eigenvalue weighted by Gasteiger charge is -2.20. The SMILES string of the molecule is CCCN(CC(=O)O)C(=O)c1ccc(OC)cc1. The van der Waals surface area contributed by atoms with E-state index in [0.717, 1.165) is 6.42 Å². The number of methoxy groups -OCH3 is 1. The van der Waals surface area contributed by atoms with Crippen LogP contribution in [-0.2, 0) is 4.79 Å². The van der Waals surface area contributed by atoms with Crippen molar-refractivity contribution < 1.29 is 19.4 Å². The summed E-state index contributed by atoms with van der Waals surface area (Å²) >= 11 is 0. The average molecular weight is 251 g/mol. The van der Waals surface area contributed by atoms with Gasteiger partial charge in [0.25, 0.3) is 5.91 Å². The number of ether oxygens (including phenoxy) is 1. The highest BCUT2D eigenvalue weighted by molar-refractivity contribution is 5.95. The van der Waals surface area contributed by atoms with E-state index in [1.54, 1.807) is 31.4 Å². The summed E-state index contributed by atoms with van der Waals surface area (Å²) in [6.07, 6.45) is 0.717. The van der Waals surface area contributed by atoms with Crippen LogP contribution in [0.25, 0.3) is 0 Å². The van der Waals surface area contributed by atoms with E-state index in [1.165, 1.54) is 4.90 Å². The number of carboxylic acid groups (broad SMARTS) is 1. The van der Waals surface area contributed by atoms with Crippen molar-refractivity contribution in [2.24, 2.45) is 0 Å². The second-order valence-electron chi connectivity index (χ2n) is 3.85. The van der Waals surface area contributed by atoms with Crippen molar-refractivity contribution in [3.63, 3.8) is 0 Å². The summed E-state index contributed by atoms with van der Waals surface area (Å²) in [5.74, 6) is -0.626. The Morgan fingerprint density at radius 2 is 1.89 bits per heavy atom. The van der Waals surface area contributed by atoms with E-state index in [0.29, 0.717) is 17.9 Å². The van der Waals surface area contributed by atoms with E-state index in [9.17, 15) is 9.59 Å². The molecule has 1 rings (SSSR count). The molecule has 0 spiro atoms. The number of carbonyl (C=O) groups excluding carboxylic acids is 1. The molecule has 1 aromatic rings. The van der Waals surface area contributed by atoms with Crippen molar-refractivity contribution in [2.75, 3.05) is 20.2 Å². The summed E-state index contributed by atoms with van der Waals surface area (Å²) < 4.78 is 5.00. The van der Waals surface area contributed by atoms with Crippen molar-refractivity contribution in [1.82, 2.24) is 4.90 Å². The zero-order valence-electron chi connectivity index (χ0n) is 10.5. The number of carboxylic acids is 1. The van der Waals surface area contributed by atoms with E-state index in [-0.39, 0.29) is 12.5 Å². The first-order valence-electron chi connectivity index (χ1n) is 5.73. The molecule has 1 amide bonds. The number of aliphatic carboxylic acids is 1. The van der Waals surface area contributed by atoms with Gasteiger partial charge in [-0.05, 0) is 30.7 Å². The van der Waals surface area contributed by atoms with Gasteiger partial charge >= 0.3 is 5.97 Å². The molecule has 0 bridgehead atoms. The first kappa shape index (κ1) is 14.0. The predicted molar refractivity (Wildman–Crippen MR) is 66.8 cm³/mol. The van der Waals surface area contributed by atoms with Crippen LogP contribution in [0.3, 0.4) is 0 Å². The molecule has 0 aliphatic rings. The first-order chi connectivity index (χ1) is 8.58. The standard InChI is InChI=1S/C13H17NO4/c1-3-8-14(9-12(15)16)13(17)10-4-6-11(18-2)7-5-10/h4-7H,3,8-9H2,1-2H3,(H,15,16). The van der Waals surface area contributed by atoms with Gasteiger partial charge in [-0.3, -0.25) is 9.59 Å². The van der Waals surface area contributed by atoms with Gasteiger partial charge in [0.1, 0.15) is 12.3 Å². The normalized spacial score (nSPS) is 9.89. The molecular formula is C13H17NO4. The Morgan fingerprint density at radius 3 is 2.33 bits per heavy atom. The van der Waals surface area contributed by atoms with Crippen molar-refractivity contribution >= 4 is 11.9 Å². The highest BCUT2D eigenvalue weighted by Crippen LogP contribution is 2.13. The first-order valence-corrected chi connectivity index (χ1v) is 5.73. The molecular weight excluding hydrogens is 234 g/mol. The molecule has 18 heavy (non-hydrogen) atoms. The fourth-order valence-corrected chi connectivity index (χ4v) is 1.60. The van der Waals surface area contributed by atoms with Gasteiger partial charge in [-0.1, -0.05) is 6.92 Å². The number of hydrogen-bond acceptors (Lipinski definition) is 3. The van der Waals surface area contributed by atoms with E-state index >= 15 is 0 Å². The van der Waals surface area contributed by atoms with Crippen LogP contribution in [0.2, 0.25) is 0 Å².